The lowest BCUT2D eigenvalue weighted by molar-refractivity contribution is 0.0728. The van der Waals surface area contributed by atoms with Gasteiger partial charge in [-0.1, -0.05) is 89.4 Å². The van der Waals surface area contributed by atoms with Crippen molar-refractivity contribution in [3.63, 3.8) is 0 Å². The first kappa shape index (κ1) is 23.1. The Balaban J connectivity index is 2.11. The average Bonchev–Trinajstić information content (AvgIpc) is 2.71. The second kappa shape index (κ2) is 11.1. The molecule has 0 aromatic heterocycles. The summed E-state index contributed by atoms with van der Waals surface area (Å²) >= 11 is 16.8. The fraction of sp³-hybridized carbons (Fsp3) is 0.238. The molecule has 0 heterocycles. The predicted molar refractivity (Wildman–Crippen MR) is 116 cm³/mol. The zero-order valence-electron chi connectivity index (χ0n) is 15.6. The molecule has 0 aliphatic rings. The fourth-order valence-corrected chi connectivity index (χ4v) is 2.71. The number of halogens is 3. The Morgan fingerprint density at radius 3 is 2.21 bits per heavy atom. The summed E-state index contributed by atoms with van der Waals surface area (Å²) in [7, 11) is 0. The van der Waals surface area contributed by atoms with Crippen LogP contribution in [0.15, 0.2) is 73.3 Å². The van der Waals surface area contributed by atoms with Gasteiger partial charge in [0.05, 0.1) is 6.04 Å². The highest BCUT2D eigenvalue weighted by atomic mass is 35.6. The summed E-state index contributed by atoms with van der Waals surface area (Å²) in [5, 5.41) is 2.61. The molecule has 0 saturated carbocycles. The van der Waals surface area contributed by atoms with E-state index in [1.54, 1.807) is 29.2 Å². The first-order chi connectivity index (χ1) is 13.8. The van der Waals surface area contributed by atoms with E-state index in [-0.39, 0.29) is 12.5 Å². The zero-order valence-corrected chi connectivity index (χ0v) is 17.8. The molecular formula is C21H21Cl3N2O3. The van der Waals surface area contributed by atoms with Crippen molar-refractivity contribution in [2.45, 2.75) is 16.4 Å². The molecule has 0 fully saturated rings. The highest BCUT2D eigenvalue weighted by Crippen LogP contribution is 2.25. The van der Waals surface area contributed by atoms with Gasteiger partial charge < -0.3 is 15.0 Å². The third kappa shape index (κ3) is 8.36. The maximum atomic E-state index is 13.0. The third-order valence-electron chi connectivity index (χ3n) is 3.90. The highest BCUT2D eigenvalue weighted by Gasteiger charge is 2.24. The SMILES string of the molecule is C=C[C@H](CN(Cc1ccccc1)C(=O)c1ccccc1)NC(=O)OCC(Cl)(Cl)Cl. The van der Waals surface area contributed by atoms with E-state index in [0.717, 1.165) is 5.56 Å². The van der Waals surface area contributed by atoms with Gasteiger partial charge in [0.15, 0.2) is 0 Å². The van der Waals surface area contributed by atoms with Crippen LogP contribution in [-0.2, 0) is 11.3 Å². The molecule has 2 rings (SSSR count). The number of ether oxygens (including phenoxy) is 1. The van der Waals surface area contributed by atoms with Crippen LogP contribution in [0.4, 0.5) is 4.79 Å². The van der Waals surface area contributed by atoms with Crippen LogP contribution in [0.3, 0.4) is 0 Å². The van der Waals surface area contributed by atoms with Crippen molar-refractivity contribution in [3.8, 4) is 0 Å². The normalized spacial score (nSPS) is 12.0. The van der Waals surface area contributed by atoms with E-state index in [1.165, 1.54) is 6.08 Å². The lowest BCUT2D eigenvalue weighted by Crippen LogP contribution is -2.45. The first-order valence-corrected chi connectivity index (χ1v) is 9.92. The number of nitrogens with one attached hydrogen (secondary N) is 1. The van der Waals surface area contributed by atoms with E-state index in [9.17, 15) is 9.59 Å². The minimum atomic E-state index is -1.70. The molecule has 0 aliphatic carbocycles. The third-order valence-corrected chi connectivity index (χ3v) is 4.22. The minimum absolute atomic E-state index is 0.169. The molecule has 5 nitrogen and oxygen atoms in total. The number of alkyl halides is 3. The summed E-state index contributed by atoms with van der Waals surface area (Å²) in [5.41, 5.74) is 1.50. The van der Waals surface area contributed by atoms with Crippen LogP contribution in [0.1, 0.15) is 15.9 Å². The molecule has 0 radical (unpaired) electrons. The molecule has 0 saturated heterocycles. The Morgan fingerprint density at radius 2 is 1.66 bits per heavy atom. The molecule has 29 heavy (non-hydrogen) atoms. The number of benzene rings is 2. The first-order valence-electron chi connectivity index (χ1n) is 8.79. The summed E-state index contributed by atoms with van der Waals surface area (Å²) in [6, 6.07) is 17.9. The van der Waals surface area contributed by atoms with E-state index in [2.05, 4.69) is 11.9 Å². The van der Waals surface area contributed by atoms with Crippen LogP contribution in [-0.4, -0.2) is 39.9 Å². The number of carbonyl (C=O) groups excluding carboxylic acids is 2. The standard InChI is InChI=1S/C21H21Cl3N2O3/c1-2-18(25-20(28)29-15-21(22,23)24)14-26(13-16-9-5-3-6-10-16)19(27)17-11-7-4-8-12-17/h2-12,18H,1,13-15H2,(H,25,28)/t18-/m1/s1. The second-order valence-corrected chi connectivity index (χ2v) is 8.73. The highest BCUT2D eigenvalue weighted by molar-refractivity contribution is 6.67. The van der Waals surface area contributed by atoms with Gasteiger partial charge in [0.25, 0.3) is 5.91 Å². The molecule has 154 valence electrons. The number of alkyl carbamates (subject to hydrolysis) is 1. The van der Waals surface area contributed by atoms with Crippen LogP contribution in [0.25, 0.3) is 0 Å². The number of hydrogen-bond acceptors (Lipinski definition) is 3. The van der Waals surface area contributed by atoms with Crippen molar-refractivity contribution in [1.82, 2.24) is 10.2 Å². The summed E-state index contributed by atoms with van der Waals surface area (Å²) in [6.07, 6.45) is 0.750. The topological polar surface area (TPSA) is 58.6 Å². The zero-order chi connectivity index (χ0) is 21.3. The minimum Gasteiger partial charge on any atom is -0.445 e. The van der Waals surface area contributed by atoms with Gasteiger partial charge in [0.1, 0.15) is 6.61 Å². The molecule has 2 amide bonds. The Morgan fingerprint density at radius 1 is 1.07 bits per heavy atom. The molecule has 0 bridgehead atoms. The molecule has 0 aliphatic heterocycles. The molecule has 2 aromatic carbocycles. The van der Waals surface area contributed by atoms with Gasteiger partial charge in [-0.25, -0.2) is 4.79 Å². The van der Waals surface area contributed by atoms with Crippen molar-refractivity contribution >= 4 is 46.8 Å². The van der Waals surface area contributed by atoms with E-state index in [1.807, 2.05) is 36.4 Å². The van der Waals surface area contributed by atoms with Crippen molar-refractivity contribution < 1.29 is 14.3 Å². The number of nitrogens with zero attached hydrogens (tertiary/aromatic N) is 1. The molecule has 1 N–H and O–H groups in total. The molecule has 0 spiro atoms. The van der Waals surface area contributed by atoms with Gasteiger partial charge in [-0.15, -0.1) is 6.58 Å². The van der Waals surface area contributed by atoms with Crippen LogP contribution >= 0.6 is 34.8 Å². The Labute approximate surface area is 185 Å². The molecule has 2 aromatic rings. The Bertz CT molecular complexity index is 811. The monoisotopic (exact) mass is 454 g/mol. The van der Waals surface area contributed by atoms with E-state index in [0.29, 0.717) is 12.1 Å². The lowest BCUT2D eigenvalue weighted by Gasteiger charge is -2.27. The summed E-state index contributed by atoms with van der Waals surface area (Å²) in [5.74, 6) is -0.169. The molecular weight excluding hydrogens is 435 g/mol. The van der Waals surface area contributed by atoms with Crippen LogP contribution in [0, 0.1) is 0 Å². The number of carbonyl (C=O) groups is 2. The summed E-state index contributed by atoms with van der Waals surface area (Å²) in [6.45, 7) is 3.88. The average molecular weight is 456 g/mol. The van der Waals surface area contributed by atoms with E-state index < -0.39 is 22.5 Å². The fourth-order valence-electron chi connectivity index (χ4n) is 2.54. The quantitative estimate of drug-likeness (QED) is 0.451. The van der Waals surface area contributed by atoms with Crippen molar-refractivity contribution in [1.29, 1.82) is 0 Å². The maximum Gasteiger partial charge on any atom is 0.407 e. The number of amides is 2. The predicted octanol–water partition coefficient (Wildman–Crippen LogP) is 4.98. The lowest BCUT2D eigenvalue weighted by atomic mass is 10.1. The van der Waals surface area contributed by atoms with E-state index in [4.69, 9.17) is 39.5 Å². The van der Waals surface area contributed by atoms with Gasteiger partial charge >= 0.3 is 6.09 Å². The maximum absolute atomic E-state index is 13.0. The van der Waals surface area contributed by atoms with Gasteiger partial charge in [0, 0.05) is 18.7 Å². The molecule has 8 heteroatoms. The summed E-state index contributed by atoms with van der Waals surface area (Å²) < 4.78 is 3.18. The molecule has 1 atom stereocenters. The second-order valence-electron chi connectivity index (χ2n) is 6.22. The Kier molecular flexibility index (Phi) is 8.83. The van der Waals surface area contributed by atoms with Crippen LogP contribution in [0.5, 0.6) is 0 Å². The van der Waals surface area contributed by atoms with Crippen LogP contribution < -0.4 is 5.32 Å². The van der Waals surface area contributed by atoms with Crippen LogP contribution in [0.2, 0.25) is 0 Å². The largest absolute Gasteiger partial charge is 0.445 e. The molecule has 0 unspecified atom stereocenters. The van der Waals surface area contributed by atoms with Crippen molar-refractivity contribution in [2.75, 3.05) is 13.2 Å². The van der Waals surface area contributed by atoms with Crippen molar-refractivity contribution in [2.24, 2.45) is 0 Å². The number of rotatable bonds is 8. The number of hydrogen-bond donors (Lipinski definition) is 1. The van der Waals surface area contributed by atoms with Gasteiger partial charge in [-0.05, 0) is 17.7 Å². The van der Waals surface area contributed by atoms with Gasteiger partial charge in [0.2, 0.25) is 3.79 Å². The Hall–Kier alpha value is -2.21. The smallest absolute Gasteiger partial charge is 0.407 e. The van der Waals surface area contributed by atoms with E-state index >= 15 is 0 Å². The van der Waals surface area contributed by atoms with Gasteiger partial charge in [-0.3, -0.25) is 4.79 Å². The summed E-state index contributed by atoms with van der Waals surface area (Å²) in [4.78, 5) is 26.6. The van der Waals surface area contributed by atoms with Gasteiger partial charge in [-0.2, -0.15) is 0 Å². The van der Waals surface area contributed by atoms with Crippen molar-refractivity contribution in [3.05, 3.63) is 84.4 Å².